The molecule has 0 aliphatic carbocycles. The molecule has 9 heteroatoms. The van der Waals surface area contributed by atoms with Gasteiger partial charge in [-0.25, -0.2) is 8.78 Å². The number of likely N-dealkylation sites (tertiary alicyclic amines) is 1. The van der Waals surface area contributed by atoms with Crippen LogP contribution in [-0.4, -0.2) is 47.7 Å². The van der Waals surface area contributed by atoms with Gasteiger partial charge in [0, 0.05) is 23.7 Å². The molecule has 1 N–H and O–H groups in total. The first kappa shape index (κ1) is 30.3. The maximum atomic E-state index is 15.3. The number of carbonyl (C=O) groups is 1. The molecule has 0 saturated carbocycles. The van der Waals surface area contributed by atoms with E-state index in [0.717, 1.165) is 0 Å². The summed E-state index contributed by atoms with van der Waals surface area (Å²) in [7, 11) is 1.57. The van der Waals surface area contributed by atoms with Crippen molar-refractivity contribution in [1.82, 2.24) is 9.88 Å². The van der Waals surface area contributed by atoms with Crippen molar-refractivity contribution in [3.8, 4) is 17.6 Å². The van der Waals surface area contributed by atoms with Crippen LogP contribution in [0.5, 0.6) is 5.75 Å². The molecule has 0 radical (unpaired) electrons. The van der Waals surface area contributed by atoms with Crippen LogP contribution in [-0.2, 0) is 4.79 Å². The highest BCUT2D eigenvalue weighted by Gasteiger charge is 2.34. The minimum absolute atomic E-state index is 0. The number of halogens is 4. The summed E-state index contributed by atoms with van der Waals surface area (Å²) in [4.78, 5) is 18.3. The number of hydrogen-bond acceptors (Lipinski definition) is 4. The summed E-state index contributed by atoms with van der Waals surface area (Å²) < 4.78 is 33.9. The van der Waals surface area contributed by atoms with Crippen LogP contribution in [0.1, 0.15) is 36.6 Å². The zero-order valence-electron chi connectivity index (χ0n) is 20.4. The van der Waals surface area contributed by atoms with Gasteiger partial charge in [0.25, 0.3) is 0 Å². The third-order valence-corrected chi connectivity index (χ3v) is 6.63. The highest BCUT2D eigenvalue weighted by Crippen LogP contribution is 2.35. The fourth-order valence-electron chi connectivity index (χ4n) is 4.72. The highest BCUT2D eigenvalue weighted by molar-refractivity contribution is 5.86. The lowest BCUT2D eigenvalue weighted by molar-refractivity contribution is -0.146. The third kappa shape index (κ3) is 7.78. The number of methoxy groups -OCH3 is 1. The molecule has 1 aliphatic rings. The van der Waals surface area contributed by atoms with E-state index >= 15 is 4.39 Å². The standard InChI is InChI=1S/C28H28F2N2O3.2ClH/c1-35-22-8-10-27-24(17-22)23(11-13-31-27)26(30)9-7-20-12-15-32(18-25(20)28(33)34)14-3-5-19-4-2-6-21(29)16-19;;/h2,4,6,8,10-11,13,16-17,20,25-26H,7,9,12,14-15,18H2,1H3,(H,33,34);2*1H/t20-,25+,26+;;/m1../s1. The highest BCUT2D eigenvalue weighted by atomic mass is 35.5. The van der Waals surface area contributed by atoms with Crippen LogP contribution < -0.4 is 4.74 Å². The fraction of sp³-hybridized carbons (Fsp3) is 0.357. The molecule has 0 bridgehead atoms. The van der Waals surface area contributed by atoms with Gasteiger partial charge in [0.2, 0.25) is 0 Å². The quantitative estimate of drug-likeness (QED) is 0.360. The second-order valence-corrected chi connectivity index (χ2v) is 8.87. The Hall–Kier alpha value is -2.92. The number of alkyl halides is 1. The first-order chi connectivity index (χ1) is 16.9. The Labute approximate surface area is 228 Å². The van der Waals surface area contributed by atoms with Crippen molar-refractivity contribution in [2.45, 2.75) is 25.4 Å². The van der Waals surface area contributed by atoms with Crippen LogP contribution in [0.3, 0.4) is 0 Å². The SMILES string of the molecule is COc1ccc2nccc([C@@H](F)CC[C@@H]3CCN(CC#Cc4cccc(F)c4)C[C@@H]3C(=O)O)c2c1.Cl.Cl. The Kier molecular flexibility index (Phi) is 11.6. The Balaban J connectivity index is 0.00000241. The van der Waals surface area contributed by atoms with E-state index in [9.17, 15) is 14.3 Å². The molecule has 5 nitrogen and oxygen atoms in total. The molecule has 1 aliphatic heterocycles. The molecule has 0 unspecified atom stereocenters. The van der Waals surface area contributed by atoms with E-state index in [1.54, 1.807) is 49.7 Å². The van der Waals surface area contributed by atoms with Gasteiger partial charge in [-0.05, 0) is 79.8 Å². The molecule has 3 aromatic rings. The van der Waals surface area contributed by atoms with Crippen molar-refractivity contribution in [2.75, 3.05) is 26.7 Å². The van der Waals surface area contributed by atoms with Crippen LogP contribution in [0.15, 0.2) is 54.7 Å². The maximum absolute atomic E-state index is 15.3. The van der Waals surface area contributed by atoms with Crippen LogP contribution in [0, 0.1) is 29.5 Å². The van der Waals surface area contributed by atoms with Crippen molar-refractivity contribution < 1.29 is 23.4 Å². The first-order valence-corrected chi connectivity index (χ1v) is 11.7. The molecule has 3 atom stereocenters. The molecule has 1 saturated heterocycles. The summed E-state index contributed by atoms with van der Waals surface area (Å²) in [6.07, 6.45) is 1.76. The predicted molar refractivity (Wildman–Crippen MR) is 145 cm³/mol. The monoisotopic (exact) mass is 550 g/mol. The van der Waals surface area contributed by atoms with Crippen LogP contribution in [0.4, 0.5) is 8.78 Å². The van der Waals surface area contributed by atoms with Gasteiger partial charge in [0.05, 0.1) is 25.1 Å². The minimum atomic E-state index is -1.22. The van der Waals surface area contributed by atoms with Gasteiger partial charge in [-0.3, -0.25) is 14.7 Å². The average molecular weight is 551 g/mol. The van der Waals surface area contributed by atoms with E-state index < -0.39 is 18.1 Å². The normalized spacial score (nSPS) is 18.0. The molecule has 0 spiro atoms. The number of carboxylic acids is 1. The van der Waals surface area contributed by atoms with Crippen molar-refractivity contribution in [3.63, 3.8) is 0 Å². The molecular formula is C28H30Cl2F2N2O3. The van der Waals surface area contributed by atoms with E-state index in [1.165, 1.54) is 12.1 Å². The number of hydrogen-bond donors (Lipinski definition) is 1. The van der Waals surface area contributed by atoms with Crippen LogP contribution in [0.25, 0.3) is 10.9 Å². The number of rotatable bonds is 7. The van der Waals surface area contributed by atoms with E-state index in [2.05, 4.69) is 16.8 Å². The Morgan fingerprint density at radius 2 is 2.05 bits per heavy atom. The minimum Gasteiger partial charge on any atom is -0.497 e. The van der Waals surface area contributed by atoms with E-state index in [4.69, 9.17) is 4.74 Å². The van der Waals surface area contributed by atoms with Gasteiger partial charge >= 0.3 is 5.97 Å². The van der Waals surface area contributed by atoms with Gasteiger partial charge in [-0.2, -0.15) is 0 Å². The number of piperidine rings is 1. The topological polar surface area (TPSA) is 62.7 Å². The predicted octanol–water partition coefficient (Wildman–Crippen LogP) is 6.09. The summed E-state index contributed by atoms with van der Waals surface area (Å²) in [5, 5.41) is 10.5. The zero-order chi connectivity index (χ0) is 24.8. The second-order valence-electron chi connectivity index (χ2n) is 8.87. The van der Waals surface area contributed by atoms with Crippen LogP contribution in [0.2, 0.25) is 0 Å². The van der Waals surface area contributed by atoms with E-state index in [0.29, 0.717) is 60.3 Å². The lowest BCUT2D eigenvalue weighted by Gasteiger charge is -2.35. The molecule has 0 amide bonds. The second kappa shape index (κ2) is 14.1. The first-order valence-electron chi connectivity index (χ1n) is 11.7. The summed E-state index contributed by atoms with van der Waals surface area (Å²) in [5.74, 6) is 4.67. The van der Waals surface area contributed by atoms with Crippen LogP contribution >= 0.6 is 24.8 Å². The molecule has 1 aromatic heterocycles. The number of ether oxygens (including phenoxy) is 1. The van der Waals surface area contributed by atoms with Gasteiger partial charge in [0.15, 0.2) is 0 Å². The molecule has 37 heavy (non-hydrogen) atoms. The molecule has 4 rings (SSSR count). The summed E-state index contributed by atoms with van der Waals surface area (Å²) in [6.45, 7) is 1.46. The Morgan fingerprint density at radius 3 is 2.78 bits per heavy atom. The molecule has 2 heterocycles. The summed E-state index contributed by atoms with van der Waals surface area (Å²) in [6, 6.07) is 13.1. The van der Waals surface area contributed by atoms with Gasteiger partial charge in [-0.15, -0.1) is 24.8 Å². The smallest absolute Gasteiger partial charge is 0.308 e. The Bertz CT molecular complexity index is 1260. The van der Waals surface area contributed by atoms with Gasteiger partial charge in [0.1, 0.15) is 17.7 Å². The maximum Gasteiger partial charge on any atom is 0.308 e. The van der Waals surface area contributed by atoms with E-state index in [1.807, 2.05) is 4.90 Å². The van der Waals surface area contributed by atoms with Crippen molar-refractivity contribution in [1.29, 1.82) is 0 Å². The lowest BCUT2D eigenvalue weighted by atomic mass is 9.81. The lowest BCUT2D eigenvalue weighted by Crippen LogP contribution is -2.44. The third-order valence-electron chi connectivity index (χ3n) is 6.63. The summed E-state index contributed by atoms with van der Waals surface area (Å²) in [5.41, 5.74) is 1.83. The number of nitrogens with zero attached hydrogens (tertiary/aromatic N) is 2. The van der Waals surface area contributed by atoms with Gasteiger partial charge in [-0.1, -0.05) is 17.9 Å². The number of aromatic nitrogens is 1. The van der Waals surface area contributed by atoms with Gasteiger partial charge < -0.3 is 9.84 Å². The largest absolute Gasteiger partial charge is 0.497 e. The molecule has 1 fully saturated rings. The van der Waals surface area contributed by atoms with E-state index in [-0.39, 0.29) is 43.0 Å². The number of benzene rings is 2. The molecular weight excluding hydrogens is 521 g/mol. The fourth-order valence-corrected chi connectivity index (χ4v) is 4.72. The molecule has 2 aromatic carbocycles. The number of fused-ring (bicyclic) bond motifs is 1. The molecule has 198 valence electrons. The zero-order valence-corrected chi connectivity index (χ0v) is 22.0. The number of carboxylic acid groups (broad SMARTS) is 1. The summed E-state index contributed by atoms with van der Waals surface area (Å²) >= 11 is 0. The van der Waals surface area contributed by atoms with Crippen molar-refractivity contribution in [2.24, 2.45) is 11.8 Å². The average Bonchev–Trinajstić information content (AvgIpc) is 2.87. The Morgan fingerprint density at radius 1 is 1.24 bits per heavy atom. The van der Waals surface area contributed by atoms with Crippen molar-refractivity contribution >= 4 is 41.7 Å². The number of aliphatic carboxylic acids is 1. The van der Waals surface area contributed by atoms with Crippen molar-refractivity contribution in [3.05, 3.63) is 71.7 Å². The number of pyridine rings is 1.